The molecule has 1 aliphatic heterocycles. The molecular weight excluding hydrogens is 337 g/mol. The van der Waals surface area contributed by atoms with Crippen LogP contribution in [0.5, 0.6) is 0 Å². The highest BCUT2D eigenvalue weighted by atomic mass is 127. The maximum atomic E-state index is 9.03. The molecule has 2 aromatic heterocycles. The van der Waals surface area contributed by atoms with Gasteiger partial charge in [0, 0.05) is 0 Å². The van der Waals surface area contributed by atoms with E-state index < -0.39 is 0 Å². The van der Waals surface area contributed by atoms with Gasteiger partial charge in [-0.1, -0.05) is 22.6 Å². The average Bonchev–Trinajstić information content (AvgIpc) is 2.73. The van der Waals surface area contributed by atoms with Gasteiger partial charge in [-0.15, -0.1) is 0 Å². The van der Waals surface area contributed by atoms with Crippen molar-refractivity contribution in [2.24, 2.45) is 0 Å². The molecule has 3 rings (SSSR count). The fourth-order valence-electron chi connectivity index (χ4n) is 1.84. The number of nitrogens with zero attached hydrogens (tertiary/aromatic N) is 4. The van der Waals surface area contributed by atoms with Crippen LogP contribution in [0.2, 0.25) is 0 Å². The summed E-state index contributed by atoms with van der Waals surface area (Å²) in [7, 11) is 0. The Hall–Kier alpha value is -1.00. The highest BCUT2D eigenvalue weighted by Gasteiger charge is 2.42. The van der Waals surface area contributed by atoms with Gasteiger partial charge in [-0.25, -0.2) is 15.0 Å². The molecule has 1 unspecified atom stereocenters. The van der Waals surface area contributed by atoms with Gasteiger partial charge < -0.3 is 15.6 Å². The van der Waals surface area contributed by atoms with E-state index in [0.717, 1.165) is 0 Å². The number of aliphatic hydroxyl groups is 1. The largest absolute Gasteiger partial charge is 0.394 e. The molecule has 0 aromatic carbocycles. The third-order valence-electron chi connectivity index (χ3n) is 2.78. The van der Waals surface area contributed by atoms with E-state index in [1.807, 2.05) is 4.57 Å². The molecule has 2 aromatic rings. The quantitative estimate of drug-likeness (QED) is 0.591. The molecule has 3 N–H and O–H groups in total. The fourth-order valence-corrected chi connectivity index (χ4v) is 2.76. The van der Waals surface area contributed by atoms with Gasteiger partial charge in [0.25, 0.3) is 0 Å². The first-order valence-electron chi connectivity index (χ1n) is 5.05. The van der Waals surface area contributed by atoms with E-state index in [9.17, 15) is 0 Å². The van der Waals surface area contributed by atoms with E-state index in [-0.39, 0.29) is 22.9 Å². The van der Waals surface area contributed by atoms with Crippen LogP contribution in [0, 0.1) is 0 Å². The first-order valence-corrected chi connectivity index (χ1v) is 6.30. The zero-order chi connectivity index (χ0) is 12.0. The number of anilines is 1. The molecule has 0 amide bonds. The lowest BCUT2D eigenvalue weighted by atomic mass is 10.1. The lowest BCUT2D eigenvalue weighted by Gasteiger charge is -2.41. The molecule has 3 heterocycles. The summed E-state index contributed by atoms with van der Waals surface area (Å²) in [6, 6.07) is 0. The highest BCUT2D eigenvalue weighted by Crippen LogP contribution is 2.38. The van der Waals surface area contributed by atoms with Crippen LogP contribution in [0.25, 0.3) is 11.2 Å². The molecule has 0 spiro atoms. The number of halogens is 1. The first-order chi connectivity index (χ1) is 8.22. The van der Waals surface area contributed by atoms with Crippen molar-refractivity contribution in [3.8, 4) is 0 Å². The van der Waals surface area contributed by atoms with Crippen molar-refractivity contribution in [1.29, 1.82) is 0 Å². The molecule has 17 heavy (non-hydrogen) atoms. The van der Waals surface area contributed by atoms with Crippen molar-refractivity contribution in [2.75, 3.05) is 12.3 Å². The summed E-state index contributed by atoms with van der Waals surface area (Å²) in [5.74, 6) is 0.358. The van der Waals surface area contributed by atoms with E-state index in [1.54, 1.807) is 6.33 Å². The van der Waals surface area contributed by atoms with Crippen molar-refractivity contribution >= 4 is 39.6 Å². The zero-order valence-corrected chi connectivity index (χ0v) is 10.9. The number of nitrogen functional groups attached to an aromatic ring is 1. The van der Waals surface area contributed by atoms with E-state index >= 15 is 0 Å². The summed E-state index contributed by atoms with van der Waals surface area (Å²) in [5, 5.41) is 9.03. The minimum Gasteiger partial charge on any atom is -0.394 e. The molecule has 1 aliphatic rings. The zero-order valence-electron chi connectivity index (χ0n) is 8.69. The normalized spacial score (nSPS) is 28.2. The maximum absolute atomic E-state index is 9.03. The number of hydrogen-bond acceptors (Lipinski definition) is 6. The Morgan fingerprint density at radius 3 is 3.00 bits per heavy atom. The van der Waals surface area contributed by atoms with Gasteiger partial charge in [0.1, 0.15) is 11.8 Å². The van der Waals surface area contributed by atoms with Gasteiger partial charge >= 0.3 is 0 Å². The van der Waals surface area contributed by atoms with E-state index in [4.69, 9.17) is 15.6 Å². The predicted molar refractivity (Wildman–Crippen MR) is 68.5 cm³/mol. The Balaban J connectivity index is 2.00. The third kappa shape index (κ3) is 1.58. The summed E-state index contributed by atoms with van der Waals surface area (Å²) >= 11 is 2.25. The second-order valence-electron chi connectivity index (χ2n) is 3.78. The smallest absolute Gasteiger partial charge is 0.167 e. The van der Waals surface area contributed by atoms with Crippen LogP contribution < -0.4 is 5.73 Å². The Labute approximate surface area is 110 Å². The second-order valence-corrected chi connectivity index (χ2v) is 5.21. The van der Waals surface area contributed by atoms with E-state index in [2.05, 4.69) is 37.5 Å². The van der Waals surface area contributed by atoms with Crippen LogP contribution in [-0.2, 0) is 4.74 Å². The summed E-state index contributed by atoms with van der Waals surface area (Å²) < 4.78 is 7.56. The standard InChI is InChI=1S/C9H10IN5O2/c10-5-4(1-16)17-9(5)15-3-14-6-7(11)12-2-13-8(6)15/h2-5,9,16H,1H2,(H2,11,12,13)/t4-,5?,9-/m1/s1. The number of nitrogens with two attached hydrogens (primary N) is 1. The van der Waals surface area contributed by atoms with Gasteiger partial charge in [0.2, 0.25) is 0 Å². The number of aliphatic hydroxyl groups excluding tert-OH is 1. The molecule has 7 nitrogen and oxygen atoms in total. The van der Waals surface area contributed by atoms with Crippen molar-refractivity contribution < 1.29 is 9.84 Å². The lowest BCUT2D eigenvalue weighted by molar-refractivity contribution is -0.164. The topological polar surface area (TPSA) is 99.1 Å². The molecule has 0 radical (unpaired) electrons. The Kier molecular flexibility index (Phi) is 2.64. The molecule has 8 heteroatoms. The van der Waals surface area contributed by atoms with Crippen LogP contribution in [0.3, 0.4) is 0 Å². The molecule has 90 valence electrons. The van der Waals surface area contributed by atoms with Crippen LogP contribution >= 0.6 is 22.6 Å². The number of aromatic nitrogens is 4. The summed E-state index contributed by atoms with van der Waals surface area (Å²) in [6.07, 6.45) is 2.75. The predicted octanol–water partition coefficient (Wildman–Crippen LogP) is 0.102. The van der Waals surface area contributed by atoms with Gasteiger partial charge in [-0.3, -0.25) is 4.57 Å². The van der Waals surface area contributed by atoms with Gasteiger partial charge in [0.15, 0.2) is 17.7 Å². The highest BCUT2D eigenvalue weighted by molar-refractivity contribution is 14.1. The number of imidazole rings is 1. The van der Waals surface area contributed by atoms with E-state index in [0.29, 0.717) is 17.0 Å². The molecule has 1 saturated heterocycles. The molecule has 1 fully saturated rings. The van der Waals surface area contributed by atoms with Crippen molar-refractivity contribution in [1.82, 2.24) is 19.5 Å². The second kappa shape index (κ2) is 4.03. The summed E-state index contributed by atoms with van der Waals surface area (Å²) in [6.45, 7) is 0.0217. The van der Waals surface area contributed by atoms with Crippen LogP contribution in [0.15, 0.2) is 12.7 Å². The molecule has 0 saturated carbocycles. The van der Waals surface area contributed by atoms with Crippen molar-refractivity contribution in [3.05, 3.63) is 12.7 Å². The number of fused-ring (bicyclic) bond motifs is 1. The molecular formula is C9H10IN5O2. The number of hydrogen-bond donors (Lipinski definition) is 2. The van der Waals surface area contributed by atoms with Crippen LogP contribution in [0.1, 0.15) is 6.23 Å². The SMILES string of the molecule is Nc1ncnc2c1ncn2[C@@H]1O[C@H](CO)C1I. The average molecular weight is 347 g/mol. The van der Waals surface area contributed by atoms with Crippen molar-refractivity contribution in [3.63, 3.8) is 0 Å². The van der Waals surface area contributed by atoms with Gasteiger partial charge in [-0.2, -0.15) is 0 Å². The van der Waals surface area contributed by atoms with Crippen LogP contribution in [0.4, 0.5) is 5.82 Å². The van der Waals surface area contributed by atoms with Gasteiger partial charge in [0.05, 0.1) is 23.0 Å². The minimum absolute atomic E-state index is 0.0217. The molecule has 3 atom stereocenters. The lowest BCUT2D eigenvalue weighted by Crippen LogP contribution is -2.48. The summed E-state index contributed by atoms with van der Waals surface area (Å²) in [5.41, 5.74) is 6.94. The Morgan fingerprint density at radius 2 is 2.29 bits per heavy atom. The fraction of sp³-hybridized carbons (Fsp3) is 0.444. The van der Waals surface area contributed by atoms with E-state index in [1.165, 1.54) is 6.33 Å². The molecule has 0 aliphatic carbocycles. The first kappa shape index (κ1) is 11.1. The summed E-state index contributed by atoms with van der Waals surface area (Å²) in [4.78, 5) is 12.2. The van der Waals surface area contributed by atoms with Crippen molar-refractivity contribution in [2.45, 2.75) is 16.3 Å². The number of rotatable bonds is 2. The van der Waals surface area contributed by atoms with Gasteiger partial charge in [-0.05, 0) is 0 Å². The Bertz CT molecular complexity index is 559. The maximum Gasteiger partial charge on any atom is 0.167 e. The van der Waals surface area contributed by atoms with Crippen LogP contribution in [-0.4, -0.2) is 41.3 Å². The number of ether oxygens (including phenoxy) is 1. The monoisotopic (exact) mass is 347 g/mol. The minimum atomic E-state index is -0.160. The molecule has 0 bridgehead atoms. The Morgan fingerprint density at radius 1 is 1.47 bits per heavy atom. The third-order valence-corrected chi connectivity index (χ3v) is 4.20. The number of alkyl halides is 1.